The number of nitrogens with zero attached hydrogens (tertiary/aromatic N) is 2. The van der Waals surface area contributed by atoms with Crippen LogP contribution in [0.3, 0.4) is 0 Å². The summed E-state index contributed by atoms with van der Waals surface area (Å²) in [5.74, 6) is 0. The standard InChI is InChI=1S/C13H23N3O/c1-10(2)9-16-12(4)13(11(3)15-16)8-14-6-7-17-5/h14H,1,6-9H2,2-5H3. The number of aryl methyl sites for hydroxylation is 1. The molecule has 0 unspecified atom stereocenters. The maximum atomic E-state index is 5.00. The first-order valence-electron chi connectivity index (χ1n) is 5.93. The SMILES string of the molecule is C=C(C)Cn1nc(C)c(CNCCOC)c1C. The van der Waals surface area contributed by atoms with Gasteiger partial charge in [-0.1, -0.05) is 12.2 Å². The average Bonchev–Trinajstić information content (AvgIpc) is 2.50. The summed E-state index contributed by atoms with van der Waals surface area (Å²) in [6, 6.07) is 0. The van der Waals surface area contributed by atoms with Crippen molar-refractivity contribution in [2.45, 2.75) is 33.9 Å². The van der Waals surface area contributed by atoms with Gasteiger partial charge in [0.1, 0.15) is 0 Å². The van der Waals surface area contributed by atoms with Crippen molar-refractivity contribution >= 4 is 0 Å². The molecule has 4 nitrogen and oxygen atoms in total. The highest BCUT2D eigenvalue weighted by Crippen LogP contribution is 2.13. The Morgan fingerprint density at radius 3 is 2.76 bits per heavy atom. The molecule has 0 bridgehead atoms. The molecule has 1 heterocycles. The second-order valence-electron chi connectivity index (χ2n) is 4.43. The zero-order chi connectivity index (χ0) is 12.8. The third kappa shape index (κ3) is 3.98. The van der Waals surface area contributed by atoms with E-state index in [9.17, 15) is 0 Å². The first-order valence-corrected chi connectivity index (χ1v) is 5.93. The Hall–Kier alpha value is -1.13. The normalized spacial score (nSPS) is 10.8. The summed E-state index contributed by atoms with van der Waals surface area (Å²) in [7, 11) is 1.71. The van der Waals surface area contributed by atoms with Crippen LogP contribution in [0.15, 0.2) is 12.2 Å². The molecule has 0 amide bonds. The molecule has 1 aromatic heterocycles. The van der Waals surface area contributed by atoms with Crippen molar-refractivity contribution in [2.75, 3.05) is 20.3 Å². The van der Waals surface area contributed by atoms with E-state index in [2.05, 4.69) is 30.8 Å². The summed E-state index contributed by atoms with van der Waals surface area (Å²) in [6.07, 6.45) is 0. The number of ether oxygens (including phenoxy) is 1. The Morgan fingerprint density at radius 1 is 1.47 bits per heavy atom. The van der Waals surface area contributed by atoms with E-state index in [1.165, 1.54) is 11.3 Å². The minimum atomic E-state index is 0.734. The molecule has 1 N–H and O–H groups in total. The van der Waals surface area contributed by atoms with E-state index in [-0.39, 0.29) is 0 Å². The Labute approximate surface area is 104 Å². The molecule has 0 atom stereocenters. The largest absolute Gasteiger partial charge is 0.383 e. The zero-order valence-corrected chi connectivity index (χ0v) is 11.3. The molecule has 0 aliphatic carbocycles. The zero-order valence-electron chi connectivity index (χ0n) is 11.3. The molecule has 17 heavy (non-hydrogen) atoms. The average molecular weight is 237 g/mol. The highest BCUT2D eigenvalue weighted by Gasteiger charge is 2.10. The Morgan fingerprint density at radius 2 is 2.18 bits per heavy atom. The predicted molar refractivity (Wildman–Crippen MR) is 70.1 cm³/mol. The first-order chi connectivity index (χ1) is 8.06. The van der Waals surface area contributed by atoms with E-state index in [0.29, 0.717) is 0 Å². The third-order valence-electron chi connectivity index (χ3n) is 2.74. The second kappa shape index (κ2) is 6.57. The number of hydrogen-bond acceptors (Lipinski definition) is 3. The van der Waals surface area contributed by atoms with Gasteiger partial charge in [0.2, 0.25) is 0 Å². The fourth-order valence-electron chi connectivity index (χ4n) is 1.79. The molecular formula is C13H23N3O. The van der Waals surface area contributed by atoms with Gasteiger partial charge >= 0.3 is 0 Å². The summed E-state index contributed by atoms with van der Waals surface area (Å²) in [6.45, 7) is 13.3. The van der Waals surface area contributed by atoms with Gasteiger partial charge in [0.05, 0.1) is 18.8 Å². The third-order valence-corrected chi connectivity index (χ3v) is 2.74. The second-order valence-corrected chi connectivity index (χ2v) is 4.43. The number of aromatic nitrogens is 2. The number of hydrogen-bond donors (Lipinski definition) is 1. The van der Waals surface area contributed by atoms with Crippen LogP contribution in [-0.2, 0) is 17.8 Å². The van der Waals surface area contributed by atoms with Crippen LogP contribution in [0, 0.1) is 13.8 Å². The van der Waals surface area contributed by atoms with Crippen molar-refractivity contribution in [2.24, 2.45) is 0 Å². The number of nitrogens with one attached hydrogen (secondary N) is 1. The van der Waals surface area contributed by atoms with E-state index in [1.54, 1.807) is 7.11 Å². The molecule has 1 rings (SSSR count). The minimum Gasteiger partial charge on any atom is -0.383 e. The van der Waals surface area contributed by atoms with E-state index in [1.807, 2.05) is 11.6 Å². The molecule has 4 heteroatoms. The Bertz CT molecular complexity index is 382. The number of allylic oxidation sites excluding steroid dienone is 1. The molecule has 0 saturated heterocycles. The summed E-state index contributed by atoms with van der Waals surface area (Å²) in [5, 5.41) is 7.88. The highest BCUT2D eigenvalue weighted by molar-refractivity contribution is 5.24. The predicted octanol–water partition coefficient (Wildman–Crippen LogP) is 1.81. The summed E-state index contributed by atoms with van der Waals surface area (Å²) in [4.78, 5) is 0. The fraction of sp³-hybridized carbons (Fsp3) is 0.615. The quantitative estimate of drug-likeness (QED) is 0.580. The Balaban J connectivity index is 2.65. The van der Waals surface area contributed by atoms with Gasteiger partial charge in [0.15, 0.2) is 0 Å². The molecule has 96 valence electrons. The van der Waals surface area contributed by atoms with Crippen molar-refractivity contribution in [1.82, 2.24) is 15.1 Å². The molecular weight excluding hydrogens is 214 g/mol. The topological polar surface area (TPSA) is 39.1 Å². The smallest absolute Gasteiger partial charge is 0.0641 e. The van der Waals surface area contributed by atoms with Gasteiger partial charge in [-0.2, -0.15) is 5.10 Å². The minimum absolute atomic E-state index is 0.734. The molecule has 0 aromatic carbocycles. The van der Waals surface area contributed by atoms with Crippen LogP contribution >= 0.6 is 0 Å². The molecule has 0 aliphatic rings. The van der Waals surface area contributed by atoms with Crippen LogP contribution < -0.4 is 5.32 Å². The van der Waals surface area contributed by atoms with E-state index in [4.69, 9.17) is 4.74 Å². The first kappa shape index (κ1) is 13.9. The molecule has 1 aromatic rings. The molecule has 0 aliphatic heterocycles. The van der Waals surface area contributed by atoms with Gasteiger partial charge in [0.25, 0.3) is 0 Å². The lowest BCUT2D eigenvalue weighted by molar-refractivity contribution is 0.199. The van der Waals surface area contributed by atoms with Crippen molar-refractivity contribution < 1.29 is 4.74 Å². The molecule has 0 spiro atoms. The number of methoxy groups -OCH3 is 1. The maximum absolute atomic E-state index is 5.00. The van der Waals surface area contributed by atoms with Crippen LogP contribution in [-0.4, -0.2) is 30.0 Å². The van der Waals surface area contributed by atoms with Gasteiger partial charge < -0.3 is 10.1 Å². The highest BCUT2D eigenvalue weighted by atomic mass is 16.5. The fourth-order valence-corrected chi connectivity index (χ4v) is 1.79. The maximum Gasteiger partial charge on any atom is 0.0641 e. The van der Waals surface area contributed by atoms with Crippen molar-refractivity contribution in [3.63, 3.8) is 0 Å². The van der Waals surface area contributed by atoms with E-state index >= 15 is 0 Å². The van der Waals surface area contributed by atoms with Gasteiger partial charge in [0, 0.05) is 31.5 Å². The van der Waals surface area contributed by atoms with Crippen LogP contribution in [0.5, 0.6) is 0 Å². The lowest BCUT2D eigenvalue weighted by Gasteiger charge is -2.06. The summed E-state index contributed by atoms with van der Waals surface area (Å²) >= 11 is 0. The van der Waals surface area contributed by atoms with Crippen molar-refractivity contribution in [3.05, 3.63) is 29.1 Å². The van der Waals surface area contributed by atoms with Gasteiger partial charge in [-0.25, -0.2) is 0 Å². The van der Waals surface area contributed by atoms with Crippen LogP contribution in [0.25, 0.3) is 0 Å². The van der Waals surface area contributed by atoms with E-state index in [0.717, 1.165) is 37.5 Å². The van der Waals surface area contributed by atoms with Gasteiger partial charge in [-0.3, -0.25) is 4.68 Å². The number of rotatable bonds is 7. The van der Waals surface area contributed by atoms with Crippen LogP contribution in [0.1, 0.15) is 23.9 Å². The molecule has 0 saturated carbocycles. The Kier molecular flexibility index (Phi) is 5.38. The summed E-state index contributed by atoms with van der Waals surface area (Å²) < 4.78 is 7.02. The van der Waals surface area contributed by atoms with Crippen molar-refractivity contribution in [1.29, 1.82) is 0 Å². The molecule has 0 radical (unpaired) electrons. The van der Waals surface area contributed by atoms with Crippen molar-refractivity contribution in [3.8, 4) is 0 Å². The van der Waals surface area contributed by atoms with Crippen LogP contribution in [0.2, 0.25) is 0 Å². The van der Waals surface area contributed by atoms with Gasteiger partial charge in [-0.05, 0) is 20.8 Å². The lowest BCUT2D eigenvalue weighted by Crippen LogP contribution is -2.19. The monoisotopic (exact) mass is 237 g/mol. The van der Waals surface area contributed by atoms with E-state index < -0.39 is 0 Å². The molecule has 0 fully saturated rings. The van der Waals surface area contributed by atoms with Gasteiger partial charge in [-0.15, -0.1) is 0 Å². The lowest BCUT2D eigenvalue weighted by atomic mass is 10.2. The summed E-state index contributed by atoms with van der Waals surface area (Å²) in [5.41, 5.74) is 4.71. The van der Waals surface area contributed by atoms with Crippen LogP contribution in [0.4, 0.5) is 0 Å².